The van der Waals surface area contributed by atoms with Crippen molar-refractivity contribution in [3.8, 4) is 0 Å². The minimum absolute atomic E-state index is 0.147. The van der Waals surface area contributed by atoms with E-state index in [1.54, 1.807) is 0 Å². The largest absolute Gasteiger partial charge is 0.454 e. The third kappa shape index (κ3) is 15.7. The first-order chi connectivity index (χ1) is 20.5. The second-order valence-corrected chi connectivity index (χ2v) is 10.8. The maximum absolute atomic E-state index is 13.4. The SMILES string of the molecule is CCCCCCCCCC(OC(=O)CCCCCNC(=O)OCc1ccccc1)C(=O)C(CC)OCc1ccccc1. The molecular formula is C35H51NO6. The summed E-state index contributed by atoms with van der Waals surface area (Å²) in [7, 11) is 0. The third-order valence-electron chi connectivity index (χ3n) is 7.18. The molecule has 2 atom stereocenters. The van der Waals surface area contributed by atoms with Gasteiger partial charge in [0.1, 0.15) is 12.7 Å². The molecular weight excluding hydrogens is 530 g/mol. The Bertz CT molecular complexity index is 997. The molecule has 0 aliphatic heterocycles. The van der Waals surface area contributed by atoms with Crippen molar-refractivity contribution in [2.45, 2.75) is 123 Å². The van der Waals surface area contributed by atoms with E-state index in [-0.39, 0.29) is 24.8 Å². The first-order valence-corrected chi connectivity index (χ1v) is 15.9. The van der Waals surface area contributed by atoms with Crippen molar-refractivity contribution in [2.24, 2.45) is 0 Å². The number of benzene rings is 2. The van der Waals surface area contributed by atoms with Crippen LogP contribution in [0.4, 0.5) is 4.79 Å². The number of unbranched alkanes of at least 4 members (excludes halogenated alkanes) is 8. The van der Waals surface area contributed by atoms with Gasteiger partial charge in [0.15, 0.2) is 6.10 Å². The van der Waals surface area contributed by atoms with Crippen LogP contribution in [0.2, 0.25) is 0 Å². The summed E-state index contributed by atoms with van der Waals surface area (Å²) >= 11 is 0. The van der Waals surface area contributed by atoms with Gasteiger partial charge in [-0.3, -0.25) is 9.59 Å². The van der Waals surface area contributed by atoms with E-state index in [1.165, 1.54) is 25.7 Å². The van der Waals surface area contributed by atoms with Crippen LogP contribution in [0.25, 0.3) is 0 Å². The molecule has 0 bridgehead atoms. The Labute approximate surface area is 252 Å². The van der Waals surface area contributed by atoms with Crippen LogP contribution in [-0.2, 0) is 37.0 Å². The Kier molecular flexibility index (Phi) is 18.7. The van der Waals surface area contributed by atoms with Crippen LogP contribution in [0, 0.1) is 0 Å². The molecule has 2 rings (SSSR count). The standard InChI is InChI=1S/C35H51NO6/c1-3-5-6-7-8-9-17-24-32(34(38)31(4-2)40-27-29-20-13-10-14-21-29)42-33(37)25-18-12-19-26-36-35(39)41-28-30-22-15-11-16-23-30/h10-11,13-16,20-23,31-32H,3-9,12,17-19,24-28H2,1-2H3,(H,36,39). The first-order valence-electron chi connectivity index (χ1n) is 15.9. The lowest BCUT2D eigenvalue weighted by atomic mass is 10.0. The molecule has 42 heavy (non-hydrogen) atoms. The average molecular weight is 582 g/mol. The molecule has 0 spiro atoms. The molecule has 0 aliphatic rings. The van der Waals surface area contributed by atoms with Gasteiger partial charge in [-0.2, -0.15) is 0 Å². The number of ether oxygens (including phenoxy) is 3. The summed E-state index contributed by atoms with van der Waals surface area (Å²) in [5.41, 5.74) is 1.94. The number of nitrogens with one attached hydrogen (secondary N) is 1. The molecule has 232 valence electrons. The van der Waals surface area contributed by atoms with E-state index >= 15 is 0 Å². The fourth-order valence-corrected chi connectivity index (χ4v) is 4.68. The normalized spacial score (nSPS) is 12.3. The lowest BCUT2D eigenvalue weighted by Crippen LogP contribution is -2.37. The van der Waals surface area contributed by atoms with Gasteiger partial charge in [-0.1, -0.05) is 119 Å². The summed E-state index contributed by atoms with van der Waals surface area (Å²) in [4.78, 5) is 38.0. The fourth-order valence-electron chi connectivity index (χ4n) is 4.68. The zero-order chi connectivity index (χ0) is 30.3. The van der Waals surface area contributed by atoms with Crippen molar-refractivity contribution >= 4 is 17.8 Å². The van der Waals surface area contributed by atoms with Crippen LogP contribution in [0.5, 0.6) is 0 Å². The average Bonchev–Trinajstić information content (AvgIpc) is 3.01. The maximum atomic E-state index is 13.4. The molecule has 2 aromatic rings. The zero-order valence-electron chi connectivity index (χ0n) is 25.7. The fraction of sp³-hybridized carbons (Fsp3) is 0.571. The number of Topliss-reactive ketones (excluding diaryl/α,β-unsaturated/α-hetero) is 1. The number of carbonyl (C=O) groups excluding carboxylic acids is 3. The Hall–Kier alpha value is -3.19. The molecule has 0 saturated carbocycles. The Morgan fingerprint density at radius 3 is 1.93 bits per heavy atom. The van der Waals surface area contributed by atoms with Crippen LogP contribution in [0.15, 0.2) is 60.7 Å². The predicted molar refractivity (Wildman–Crippen MR) is 166 cm³/mol. The highest BCUT2D eigenvalue weighted by atomic mass is 16.6. The van der Waals surface area contributed by atoms with Crippen molar-refractivity contribution in [1.82, 2.24) is 5.32 Å². The molecule has 0 saturated heterocycles. The van der Waals surface area contributed by atoms with Crippen LogP contribution in [0.3, 0.4) is 0 Å². The second kappa shape index (κ2) is 22.4. The first kappa shape index (κ1) is 35.0. The molecule has 2 aromatic carbocycles. The molecule has 2 unspecified atom stereocenters. The molecule has 1 N–H and O–H groups in total. The minimum atomic E-state index is -0.782. The number of hydrogen-bond donors (Lipinski definition) is 1. The molecule has 0 aromatic heterocycles. The monoisotopic (exact) mass is 581 g/mol. The highest BCUT2D eigenvalue weighted by molar-refractivity contribution is 5.89. The van der Waals surface area contributed by atoms with Gasteiger partial charge >= 0.3 is 12.1 Å². The number of hydrogen-bond acceptors (Lipinski definition) is 6. The van der Waals surface area contributed by atoms with Crippen LogP contribution < -0.4 is 5.32 Å². The van der Waals surface area contributed by atoms with Crippen LogP contribution >= 0.6 is 0 Å². The Morgan fingerprint density at radius 1 is 0.690 bits per heavy atom. The summed E-state index contributed by atoms with van der Waals surface area (Å²) in [6, 6.07) is 19.3. The molecule has 0 aliphatic carbocycles. The Morgan fingerprint density at radius 2 is 1.29 bits per heavy atom. The summed E-state index contributed by atoms with van der Waals surface area (Å²) in [5, 5.41) is 2.74. The van der Waals surface area contributed by atoms with Crippen LogP contribution in [-0.4, -0.2) is 36.6 Å². The maximum Gasteiger partial charge on any atom is 0.407 e. The predicted octanol–water partition coefficient (Wildman–Crippen LogP) is 8.09. The molecule has 0 radical (unpaired) electrons. The van der Waals surface area contributed by atoms with Crippen molar-refractivity contribution < 1.29 is 28.6 Å². The number of esters is 1. The third-order valence-corrected chi connectivity index (χ3v) is 7.18. The number of carbonyl (C=O) groups is 3. The van der Waals surface area contributed by atoms with Gasteiger partial charge in [-0.25, -0.2) is 4.79 Å². The summed E-state index contributed by atoms with van der Waals surface area (Å²) in [6.07, 6.45) is 9.44. The van der Waals surface area contributed by atoms with E-state index in [0.29, 0.717) is 32.4 Å². The van der Waals surface area contributed by atoms with Crippen molar-refractivity contribution in [3.05, 3.63) is 71.8 Å². The smallest absolute Gasteiger partial charge is 0.407 e. The second-order valence-electron chi connectivity index (χ2n) is 10.8. The molecule has 7 nitrogen and oxygen atoms in total. The van der Waals surface area contributed by atoms with Gasteiger partial charge in [0.05, 0.1) is 6.61 Å². The lowest BCUT2D eigenvalue weighted by Gasteiger charge is -2.22. The van der Waals surface area contributed by atoms with Gasteiger partial charge in [-0.15, -0.1) is 0 Å². The molecule has 0 fully saturated rings. The number of amides is 1. The van der Waals surface area contributed by atoms with Gasteiger partial charge in [-0.05, 0) is 43.2 Å². The molecule has 0 heterocycles. The highest BCUT2D eigenvalue weighted by Crippen LogP contribution is 2.17. The van der Waals surface area contributed by atoms with Gasteiger partial charge in [0, 0.05) is 13.0 Å². The van der Waals surface area contributed by atoms with E-state index < -0.39 is 18.3 Å². The lowest BCUT2D eigenvalue weighted by molar-refractivity contribution is -0.160. The van der Waals surface area contributed by atoms with Crippen molar-refractivity contribution in [2.75, 3.05) is 6.54 Å². The van der Waals surface area contributed by atoms with E-state index in [2.05, 4.69) is 12.2 Å². The van der Waals surface area contributed by atoms with E-state index in [9.17, 15) is 14.4 Å². The summed E-state index contributed by atoms with van der Waals surface area (Å²) in [5.74, 6) is -0.504. The van der Waals surface area contributed by atoms with E-state index in [1.807, 2.05) is 67.6 Å². The zero-order valence-corrected chi connectivity index (χ0v) is 25.7. The number of rotatable bonds is 23. The van der Waals surface area contributed by atoms with Gasteiger partial charge < -0.3 is 19.5 Å². The Balaban J connectivity index is 1.73. The van der Waals surface area contributed by atoms with Crippen molar-refractivity contribution in [1.29, 1.82) is 0 Å². The topological polar surface area (TPSA) is 90.9 Å². The molecule has 7 heteroatoms. The summed E-state index contributed by atoms with van der Waals surface area (Å²) < 4.78 is 16.9. The van der Waals surface area contributed by atoms with Gasteiger partial charge in [0.25, 0.3) is 0 Å². The molecule has 1 amide bonds. The van der Waals surface area contributed by atoms with Crippen LogP contribution in [0.1, 0.15) is 108 Å². The number of ketones is 1. The van der Waals surface area contributed by atoms with E-state index in [4.69, 9.17) is 14.2 Å². The van der Waals surface area contributed by atoms with Crippen molar-refractivity contribution in [3.63, 3.8) is 0 Å². The minimum Gasteiger partial charge on any atom is -0.454 e. The highest BCUT2D eigenvalue weighted by Gasteiger charge is 2.29. The number of alkyl carbamates (subject to hydrolysis) is 1. The van der Waals surface area contributed by atoms with Gasteiger partial charge in [0.2, 0.25) is 5.78 Å². The quantitative estimate of drug-likeness (QED) is 0.105. The van der Waals surface area contributed by atoms with E-state index in [0.717, 1.165) is 43.2 Å². The summed E-state index contributed by atoms with van der Waals surface area (Å²) in [6.45, 7) is 5.17.